The number of para-hydroxylation sites is 2. The molecule has 0 N–H and O–H groups in total. The van der Waals surface area contributed by atoms with Gasteiger partial charge in [-0.2, -0.15) is 0 Å². The van der Waals surface area contributed by atoms with Crippen molar-refractivity contribution in [2.75, 3.05) is 0 Å². The maximum absolute atomic E-state index is 5.16. The molecule has 3 heterocycles. The first kappa shape index (κ1) is 30.0. The van der Waals surface area contributed by atoms with Crippen LogP contribution < -0.4 is 0 Å². The Morgan fingerprint density at radius 3 is 1.60 bits per heavy atom. The average Bonchev–Trinajstić information content (AvgIpc) is 3.74. The van der Waals surface area contributed by atoms with Gasteiger partial charge in [0.25, 0.3) is 0 Å². The molecule has 1 aliphatic rings. The van der Waals surface area contributed by atoms with E-state index < -0.39 is 0 Å². The third-order valence-electron chi connectivity index (χ3n) is 10.1. The van der Waals surface area contributed by atoms with Gasteiger partial charge >= 0.3 is 0 Å². The fraction of sp³-hybridized carbons (Fsp3) is 0.0208. The second-order valence-electron chi connectivity index (χ2n) is 13.2. The molecule has 0 amide bonds. The molecule has 10 rings (SSSR count). The Kier molecular flexibility index (Phi) is 7.17. The van der Waals surface area contributed by atoms with Gasteiger partial charge in [0.1, 0.15) is 0 Å². The van der Waals surface area contributed by atoms with E-state index in [1.807, 2.05) is 24.3 Å². The Bertz CT molecular complexity index is 2730. The van der Waals surface area contributed by atoms with Crippen LogP contribution in [0.2, 0.25) is 0 Å². The van der Waals surface area contributed by atoms with Gasteiger partial charge in [-0.3, -0.25) is 0 Å². The number of aromatic nitrogens is 4. The maximum Gasteiger partial charge on any atom is 0.164 e. The first-order chi connectivity index (χ1) is 25.8. The van der Waals surface area contributed by atoms with Crippen molar-refractivity contribution in [3.05, 3.63) is 205 Å². The van der Waals surface area contributed by atoms with Gasteiger partial charge in [-0.1, -0.05) is 164 Å². The molecule has 244 valence electrons. The van der Waals surface area contributed by atoms with Crippen molar-refractivity contribution in [3.63, 3.8) is 0 Å². The quantitative estimate of drug-likeness (QED) is 0.178. The van der Waals surface area contributed by atoms with Gasteiger partial charge < -0.3 is 4.57 Å². The van der Waals surface area contributed by atoms with E-state index in [1.165, 1.54) is 39.0 Å². The molecule has 4 nitrogen and oxygen atoms in total. The van der Waals surface area contributed by atoms with Crippen LogP contribution in [0.15, 0.2) is 188 Å². The van der Waals surface area contributed by atoms with Crippen molar-refractivity contribution in [2.24, 2.45) is 0 Å². The van der Waals surface area contributed by atoms with Gasteiger partial charge in [0.15, 0.2) is 17.5 Å². The summed E-state index contributed by atoms with van der Waals surface area (Å²) in [7, 11) is 0. The molecule has 4 heteroatoms. The molecule has 0 aliphatic carbocycles. The Morgan fingerprint density at radius 2 is 0.885 bits per heavy atom. The highest BCUT2D eigenvalue weighted by atomic mass is 15.0. The van der Waals surface area contributed by atoms with E-state index in [4.69, 9.17) is 15.0 Å². The van der Waals surface area contributed by atoms with E-state index in [2.05, 4.69) is 168 Å². The van der Waals surface area contributed by atoms with E-state index in [0.717, 1.165) is 33.4 Å². The summed E-state index contributed by atoms with van der Waals surface area (Å²) in [5, 5.41) is 1.23. The van der Waals surface area contributed by atoms with Crippen molar-refractivity contribution >= 4 is 10.9 Å². The minimum absolute atomic E-state index is 0.0915. The Balaban J connectivity index is 1.17. The zero-order chi connectivity index (χ0) is 34.4. The lowest BCUT2D eigenvalue weighted by Gasteiger charge is -2.16. The number of rotatable bonds is 6. The van der Waals surface area contributed by atoms with Gasteiger partial charge in [-0.25, -0.2) is 15.0 Å². The van der Waals surface area contributed by atoms with Gasteiger partial charge in [-0.05, 0) is 52.1 Å². The molecule has 1 unspecified atom stereocenters. The predicted molar refractivity (Wildman–Crippen MR) is 211 cm³/mol. The molecule has 9 aromatic rings. The summed E-state index contributed by atoms with van der Waals surface area (Å²) in [5.41, 5.74) is 13.8. The third kappa shape index (κ3) is 5.04. The molecule has 0 saturated heterocycles. The van der Waals surface area contributed by atoms with Crippen LogP contribution in [0.1, 0.15) is 22.7 Å². The highest BCUT2D eigenvalue weighted by molar-refractivity contribution is 6.02. The van der Waals surface area contributed by atoms with Gasteiger partial charge in [0, 0.05) is 33.3 Å². The molecule has 52 heavy (non-hydrogen) atoms. The number of hydrogen-bond donors (Lipinski definition) is 0. The summed E-state index contributed by atoms with van der Waals surface area (Å²) in [6, 6.07) is 66.2. The van der Waals surface area contributed by atoms with Crippen molar-refractivity contribution in [3.8, 4) is 62.1 Å². The minimum Gasteiger partial charge on any atom is -0.312 e. The minimum atomic E-state index is 0.0915. The van der Waals surface area contributed by atoms with Gasteiger partial charge in [0.05, 0.1) is 17.1 Å². The summed E-state index contributed by atoms with van der Waals surface area (Å²) >= 11 is 0. The largest absolute Gasteiger partial charge is 0.312 e. The lowest BCUT2D eigenvalue weighted by molar-refractivity contribution is 0.968. The second-order valence-corrected chi connectivity index (χ2v) is 13.2. The number of fused-ring (bicyclic) bond motifs is 5. The van der Waals surface area contributed by atoms with Crippen molar-refractivity contribution in [1.82, 2.24) is 19.5 Å². The SMILES string of the molecule is c1ccc(-c2cccc(-c3nc(-c4ccccc4)nc(-c4cccc(-c5c6n(c7ccccc57)-c5ccccc5C6c5ccccc5)c4)n3)c2)cc1. The first-order valence-corrected chi connectivity index (χ1v) is 17.7. The summed E-state index contributed by atoms with van der Waals surface area (Å²) in [5.74, 6) is 2.01. The summed E-state index contributed by atoms with van der Waals surface area (Å²) < 4.78 is 2.47. The van der Waals surface area contributed by atoms with Crippen LogP contribution in [0.25, 0.3) is 73.0 Å². The Morgan fingerprint density at radius 1 is 0.385 bits per heavy atom. The molecule has 0 bridgehead atoms. The maximum atomic E-state index is 5.16. The van der Waals surface area contributed by atoms with E-state index in [9.17, 15) is 0 Å². The Hall–Kier alpha value is -6.91. The Labute approximate surface area is 302 Å². The van der Waals surface area contributed by atoms with Gasteiger partial charge in [0.2, 0.25) is 0 Å². The molecule has 2 aromatic heterocycles. The fourth-order valence-electron chi connectivity index (χ4n) is 7.79. The lowest BCUT2D eigenvalue weighted by Crippen LogP contribution is -2.02. The fourth-order valence-corrected chi connectivity index (χ4v) is 7.79. The molecule has 0 radical (unpaired) electrons. The number of benzene rings is 7. The van der Waals surface area contributed by atoms with Crippen LogP contribution in [0.5, 0.6) is 0 Å². The van der Waals surface area contributed by atoms with E-state index >= 15 is 0 Å². The summed E-state index contributed by atoms with van der Waals surface area (Å²) in [6.45, 7) is 0. The van der Waals surface area contributed by atoms with Crippen LogP contribution in [0.3, 0.4) is 0 Å². The zero-order valence-corrected chi connectivity index (χ0v) is 28.3. The lowest BCUT2D eigenvalue weighted by atomic mass is 9.86. The third-order valence-corrected chi connectivity index (χ3v) is 10.1. The van der Waals surface area contributed by atoms with Crippen molar-refractivity contribution in [1.29, 1.82) is 0 Å². The van der Waals surface area contributed by atoms with Crippen LogP contribution in [-0.4, -0.2) is 19.5 Å². The van der Waals surface area contributed by atoms with E-state index in [-0.39, 0.29) is 5.92 Å². The summed E-state index contributed by atoms with van der Waals surface area (Å²) in [6.07, 6.45) is 0. The molecule has 1 atom stereocenters. The first-order valence-electron chi connectivity index (χ1n) is 17.7. The molecule has 0 fully saturated rings. The second kappa shape index (κ2) is 12.4. The van der Waals surface area contributed by atoms with Crippen LogP contribution in [0, 0.1) is 0 Å². The predicted octanol–water partition coefficient (Wildman–Crippen LogP) is 11.6. The number of hydrogen-bond acceptors (Lipinski definition) is 3. The van der Waals surface area contributed by atoms with Gasteiger partial charge in [-0.15, -0.1) is 0 Å². The highest BCUT2D eigenvalue weighted by Crippen LogP contribution is 2.51. The summed E-state index contributed by atoms with van der Waals surface area (Å²) in [4.78, 5) is 15.3. The molecular weight excluding hydrogens is 633 g/mol. The smallest absolute Gasteiger partial charge is 0.164 e. The average molecular weight is 665 g/mol. The van der Waals surface area contributed by atoms with Crippen LogP contribution in [-0.2, 0) is 0 Å². The van der Waals surface area contributed by atoms with Crippen LogP contribution in [0.4, 0.5) is 0 Å². The van der Waals surface area contributed by atoms with E-state index in [1.54, 1.807) is 0 Å². The normalized spacial score (nSPS) is 13.2. The molecule has 7 aromatic carbocycles. The molecule has 0 saturated carbocycles. The number of nitrogens with zero attached hydrogens (tertiary/aromatic N) is 4. The van der Waals surface area contributed by atoms with Crippen LogP contribution >= 0.6 is 0 Å². The highest BCUT2D eigenvalue weighted by Gasteiger charge is 2.35. The molecule has 0 spiro atoms. The topological polar surface area (TPSA) is 43.6 Å². The van der Waals surface area contributed by atoms with Crippen molar-refractivity contribution < 1.29 is 0 Å². The zero-order valence-electron chi connectivity index (χ0n) is 28.3. The molecular formula is C48H32N4. The molecule has 1 aliphatic heterocycles. The standard InChI is InChI=1S/C48H32N4/c1-4-16-32(17-5-1)35-22-14-24-37(30-35)47-49-46(34-20-8-3-9-21-34)50-48(51-47)38-25-15-23-36(31-38)44-40-27-11-13-29-42(40)52-41-28-12-10-26-39(41)43(45(44)52)33-18-6-2-7-19-33/h1-31,43H. The van der Waals surface area contributed by atoms with Crippen molar-refractivity contribution in [2.45, 2.75) is 5.92 Å². The monoisotopic (exact) mass is 664 g/mol. The van der Waals surface area contributed by atoms with E-state index in [0.29, 0.717) is 17.5 Å².